The molecular weight excluding hydrogens is 156 g/mol. The molecule has 0 aliphatic carbocycles. The number of hydrogen-bond acceptors (Lipinski definition) is 2. The Labute approximate surface area is 70.0 Å². The third-order valence-corrected chi connectivity index (χ3v) is 1.42. The maximum Gasteiger partial charge on any atom is 0.328 e. The molecule has 1 aromatic heterocycles. The Balaban J connectivity index is 2.56. The predicted octanol–water partition coefficient (Wildman–Crippen LogP) is 0.907. The molecule has 0 amide bonds. The number of aliphatic carboxylic acids is 1. The van der Waals surface area contributed by atoms with Crippen molar-refractivity contribution in [3.05, 3.63) is 24.0 Å². The van der Waals surface area contributed by atoms with E-state index in [0.717, 1.165) is 5.69 Å². The number of aliphatic imine (C=N–C) groups is 1. The largest absolute Gasteiger partial charge is 0.480 e. The van der Waals surface area contributed by atoms with Crippen molar-refractivity contribution in [3.63, 3.8) is 0 Å². The lowest BCUT2D eigenvalue weighted by Crippen LogP contribution is -2.13. The lowest BCUT2D eigenvalue weighted by molar-refractivity contribution is -0.137. The quantitative estimate of drug-likeness (QED) is 0.655. The fraction of sp³-hybridized carbons (Fsp3) is 0.250. The molecule has 0 saturated heterocycles. The molecule has 64 valence electrons. The zero-order valence-corrected chi connectivity index (χ0v) is 6.69. The molecule has 0 unspecified atom stereocenters. The van der Waals surface area contributed by atoms with Crippen LogP contribution in [0.2, 0.25) is 0 Å². The van der Waals surface area contributed by atoms with Gasteiger partial charge in [-0.2, -0.15) is 0 Å². The van der Waals surface area contributed by atoms with Crippen LogP contribution in [0.1, 0.15) is 12.6 Å². The number of aromatic amines is 1. The Morgan fingerprint density at radius 2 is 2.58 bits per heavy atom. The van der Waals surface area contributed by atoms with E-state index in [4.69, 9.17) is 5.11 Å². The molecule has 0 aromatic carbocycles. The van der Waals surface area contributed by atoms with Crippen molar-refractivity contribution in [2.75, 3.05) is 0 Å². The lowest BCUT2D eigenvalue weighted by atomic mass is 10.3. The Morgan fingerprint density at radius 1 is 1.83 bits per heavy atom. The van der Waals surface area contributed by atoms with Gasteiger partial charge in [0.2, 0.25) is 0 Å². The summed E-state index contributed by atoms with van der Waals surface area (Å²) in [6, 6.07) is 2.96. The van der Waals surface area contributed by atoms with E-state index in [1.807, 2.05) is 12.1 Å². The minimum absolute atomic E-state index is 0.687. The first-order chi connectivity index (χ1) is 5.70. The number of carboxylic acids is 1. The Morgan fingerprint density at radius 3 is 3.08 bits per heavy atom. The van der Waals surface area contributed by atoms with Gasteiger partial charge in [0.1, 0.15) is 6.04 Å². The highest BCUT2D eigenvalue weighted by atomic mass is 16.4. The zero-order chi connectivity index (χ0) is 8.97. The second kappa shape index (κ2) is 3.71. The summed E-state index contributed by atoms with van der Waals surface area (Å²) in [6.45, 7) is 1.53. The van der Waals surface area contributed by atoms with Crippen molar-refractivity contribution < 1.29 is 9.90 Å². The normalized spacial score (nSPS) is 13.4. The van der Waals surface area contributed by atoms with Crippen molar-refractivity contribution >= 4 is 12.2 Å². The van der Waals surface area contributed by atoms with E-state index in [0.29, 0.717) is 0 Å². The molecule has 1 rings (SSSR count). The topological polar surface area (TPSA) is 65.5 Å². The van der Waals surface area contributed by atoms with Gasteiger partial charge < -0.3 is 10.1 Å². The first kappa shape index (κ1) is 8.52. The summed E-state index contributed by atoms with van der Waals surface area (Å²) in [6.07, 6.45) is 3.27. The molecule has 0 saturated carbocycles. The van der Waals surface area contributed by atoms with Crippen LogP contribution in [-0.2, 0) is 4.79 Å². The summed E-state index contributed by atoms with van der Waals surface area (Å²) in [5.41, 5.74) is 0.808. The van der Waals surface area contributed by atoms with Crippen LogP contribution in [-0.4, -0.2) is 28.3 Å². The molecule has 1 atom stereocenters. The summed E-state index contributed by atoms with van der Waals surface area (Å²) in [5, 5.41) is 8.49. The number of nitrogens with one attached hydrogen (secondary N) is 1. The number of rotatable bonds is 3. The van der Waals surface area contributed by atoms with Crippen molar-refractivity contribution in [1.82, 2.24) is 4.98 Å². The highest BCUT2D eigenvalue weighted by Gasteiger charge is 2.06. The molecule has 0 radical (unpaired) electrons. The van der Waals surface area contributed by atoms with Crippen LogP contribution >= 0.6 is 0 Å². The van der Waals surface area contributed by atoms with Crippen molar-refractivity contribution in [2.24, 2.45) is 4.99 Å². The van der Waals surface area contributed by atoms with Crippen LogP contribution < -0.4 is 0 Å². The van der Waals surface area contributed by atoms with E-state index in [1.54, 1.807) is 6.20 Å². The van der Waals surface area contributed by atoms with Crippen LogP contribution in [0.3, 0.4) is 0 Å². The molecule has 0 aliphatic rings. The standard InChI is InChI=1S/C8H10N2O2/c1-6(8(11)12)10-5-7-3-2-4-9-7/h2-6,9H,1H3,(H,11,12)/t6-/m0/s1. The third-order valence-electron chi connectivity index (χ3n) is 1.42. The monoisotopic (exact) mass is 166 g/mol. The van der Waals surface area contributed by atoms with E-state index < -0.39 is 12.0 Å². The van der Waals surface area contributed by atoms with E-state index in [2.05, 4.69) is 9.98 Å². The number of nitrogens with zero attached hydrogens (tertiary/aromatic N) is 1. The lowest BCUT2D eigenvalue weighted by Gasteiger charge is -1.95. The van der Waals surface area contributed by atoms with E-state index in [1.165, 1.54) is 13.1 Å². The van der Waals surface area contributed by atoms with Crippen molar-refractivity contribution in [1.29, 1.82) is 0 Å². The van der Waals surface area contributed by atoms with Gasteiger partial charge in [-0.25, -0.2) is 4.79 Å². The fourth-order valence-electron chi connectivity index (χ4n) is 0.680. The SMILES string of the molecule is C[C@H](N=Cc1ccc[nH]1)C(=O)O. The molecule has 0 aliphatic heterocycles. The molecule has 12 heavy (non-hydrogen) atoms. The predicted molar refractivity (Wildman–Crippen MR) is 45.5 cm³/mol. The van der Waals surface area contributed by atoms with Crippen LogP contribution in [0.25, 0.3) is 0 Å². The summed E-state index contributed by atoms with van der Waals surface area (Å²) < 4.78 is 0. The van der Waals surface area contributed by atoms with Gasteiger partial charge >= 0.3 is 5.97 Å². The molecule has 0 fully saturated rings. The second-order valence-corrected chi connectivity index (χ2v) is 2.42. The summed E-state index contributed by atoms with van der Waals surface area (Å²) >= 11 is 0. The molecule has 4 heteroatoms. The highest BCUT2D eigenvalue weighted by molar-refractivity contribution is 5.81. The molecule has 0 bridgehead atoms. The van der Waals surface area contributed by atoms with E-state index in [9.17, 15) is 4.79 Å². The number of H-pyrrole nitrogens is 1. The molecule has 4 nitrogen and oxygen atoms in total. The van der Waals surface area contributed by atoms with Crippen LogP contribution in [0.15, 0.2) is 23.3 Å². The zero-order valence-electron chi connectivity index (χ0n) is 6.69. The molecule has 2 N–H and O–H groups in total. The van der Waals surface area contributed by atoms with Gasteiger partial charge in [0.15, 0.2) is 0 Å². The second-order valence-electron chi connectivity index (χ2n) is 2.42. The minimum atomic E-state index is -0.919. The van der Waals surface area contributed by atoms with E-state index >= 15 is 0 Å². The van der Waals surface area contributed by atoms with Crippen molar-refractivity contribution in [3.8, 4) is 0 Å². The van der Waals surface area contributed by atoms with Crippen LogP contribution in [0, 0.1) is 0 Å². The first-order valence-corrected chi connectivity index (χ1v) is 3.59. The van der Waals surface area contributed by atoms with E-state index in [-0.39, 0.29) is 0 Å². The number of carbonyl (C=O) groups is 1. The highest BCUT2D eigenvalue weighted by Crippen LogP contribution is 1.93. The molecule has 1 heterocycles. The number of hydrogen-bond donors (Lipinski definition) is 2. The smallest absolute Gasteiger partial charge is 0.328 e. The van der Waals surface area contributed by atoms with Gasteiger partial charge in [0, 0.05) is 12.4 Å². The van der Waals surface area contributed by atoms with Gasteiger partial charge in [-0.05, 0) is 19.1 Å². The van der Waals surface area contributed by atoms with Gasteiger partial charge in [0.05, 0.1) is 5.69 Å². The summed E-state index contributed by atoms with van der Waals surface area (Å²) in [7, 11) is 0. The summed E-state index contributed by atoms with van der Waals surface area (Å²) in [5.74, 6) is -0.919. The van der Waals surface area contributed by atoms with Gasteiger partial charge in [-0.1, -0.05) is 0 Å². The van der Waals surface area contributed by atoms with Gasteiger partial charge in [0.25, 0.3) is 0 Å². The first-order valence-electron chi connectivity index (χ1n) is 3.59. The third kappa shape index (κ3) is 2.23. The Kier molecular flexibility index (Phi) is 2.63. The van der Waals surface area contributed by atoms with Gasteiger partial charge in [-0.3, -0.25) is 4.99 Å². The van der Waals surface area contributed by atoms with Gasteiger partial charge in [-0.15, -0.1) is 0 Å². The fourth-order valence-corrected chi connectivity index (χ4v) is 0.680. The Hall–Kier alpha value is -1.58. The van der Waals surface area contributed by atoms with Crippen LogP contribution in [0.4, 0.5) is 0 Å². The Bertz CT molecular complexity index is 277. The average Bonchev–Trinajstić information content (AvgIpc) is 2.51. The minimum Gasteiger partial charge on any atom is -0.480 e. The molecule has 0 spiro atoms. The number of carboxylic acid groups (broad SMARTS) is 1. The maximum absolute atomic E-state index is 10.3. The summed E-state index contributed by atoms with van der Waals surface area (Å²) in [4.78, 5) is 17.0. The molecular formula is C8H10N2O2. The van der Waals surface area contributed by atoms with Crippen LogP contribution in [0.5, 0.6) is 0 Å². The molecule has 1 aromatic rings. The number of aromatic nitrogens is 1. The average molecular weight is 166 g/mol. The maximum atomic E-state index is 10.3. The van der Waals surface area contributed by atoms with Crippen molar-refractivity contribution in [2.45, 2.75) is 13.0 Å².